The molecule has 0 bridgehead atoms. The van der Waals surface area contributed by atoms with Crippen LogP contribution < -0.4 is 5.73 Å². The van der Waals surface area contributed by atoms with Gasteiger partial charge in [-0.25, -0.2) is 14.6 Å². The fourth-order valence-corrected chi connectivity index (χ4v) is 2.51. The third-order valence-electron chi connectivity index (χ3n) is 3.39. The van der Waals surface area contributed by atoms with Gasteiger partial charge in [0.1, 0.15) is 11.5 Å². The minimum Gasteiger partial charge on any atom is -0.448 e. The molecule has 0 radical (unpaired) electrons. The molecule has 23 heavy (non-hydrogen) atoms. The molecule has 0 saturated carbocycles. The molecular formula is C16H17N5O2. The van der Waals surface area contributed by atoms with Crippen molar-refractivity contribution >= 4 is 5.91 Å². The van der Waals surface area contributed by atoms with Crippen molar-refractivity contribution in [3.8, 4) is 17.2 Å². The average molecular weight is 311 g/mol. The minimum absolute atomic E-state index is 0.0261. The van der Waals surface area contributed by atoms with Crippen LogP contribution in [0.1, 0.15) is 22.7 Å². The predicted molar refractivity (Wildman–Crippen MR) is 84.0 cm³/mol. The number of nitrogens with zero attached hydrogens (tertiary/aromatic N) is 4. The Bertz CT molecular complexity index is 858. The highest BCUT2D eigenvalue weighted by molar-refractivity contribution is 5.75. The standard InChI is InChI=1S/C16H17N5O2/c1-9-4-10(2)6-12(5-9)21-16(15-11(3)23-8-18-15)19-14(20-21)7-13(17)22/h4-6,8H,7H2,1-3H3,(H2,17,22). The van der Waals surface area contributed by atoms with E-state index >= 15 is 0 Å². The topological polar surface area (TPSA) is 99.8 Å². The van der Waals surface area contributed by atoms with Crippen LogP contribution >= 0.6 is 0 Å². The Balaban J connectivity index is 2.19. The van der Waals surface area contributed by atoms with Gasteiger partial charge in [0.2, 0.25) is 5.91 Å². The third-order valence-corrected chi connectivity index (χ3v) is 3.39. The lowest BCUT2D eigenvalue weighted by atomic mass is 10.1. The summed E-state index contributed by atoms with van der Waals surface area (Å²) in [5.41, 5.74) is 8.91. The zero-order chi connectivity index (χ0) is 16.6. The van der Waals surface area contributed by atoms with E-state index in [1.165, 1.54) is 6.39 Å². The van der Waals surface area contributed by atoms with E-state index in [0.717, 1.165) is 16.8 Å². The van der Waals surface area contributed by atoms with Gasteiger partial charge in [-0.1, -0.05) is 6.07 Å². The molecule has 1 amide bonds. The van der Waals surface area contributed by atoms with E-state index in [0.29, 0.717) is 23.1 Å². The molecular weight excluding hydrogens is 294 g/mol. The molecule has 0 spiro atoms. The lowest BCUT2D eigenvalue weighted by molar-refractivity contribution is -0.117. The number of rotatable bonds is 4. The maximum absolute atomic E-state index is 11.2. The van der Waals surface area contributed by atoms with Gasteiger partial charge in [0.15, 0.2) is 18.0 Å². The first-order valence-corrected chi connectivity index (χ1v) is 7.17. The fourth-order valence-electron chi connectivity index (χ4n) is 2.51. The highest BCUT2D eigenvalue weighted by atomic mass is 16.3. The molecule has 2 N–H and O–H groups in total. The second-order valence-electron chi connectivity index (χ2n) is 5.51. The average Bonchev–Trinajstić information content (AvgIpc) is 3.03. The fraction of sp³-hybridized carbons (Fsp3) is 0.250. The summed E-state index contributed by atoms with van der Waals surface area (Å²) >= 11 is 0. The van der Waals surface area contributed by atoms with Crippen molar-refractivity contribution in [3.05, 3.63) is 47.3 Å². The molecule has 0 unspecified atom stereocenters. The Morgan fingerprint density at radius 1 is 1.22 bits per heavy atom. The second kappa shape index (κ2) is 5.68. The van der Waals surface area contributed by atoms with Crippen LogP contribution in [0, 0.1) is 20.8 Å². The molecule has 0 atom stereocenters. The molecule has 3 rings (SSSR count). The maximum Gasteiger partial charge on any atom is 0.225 e. The number of primary amides is 1. The first-order chi connectivity index (χ1) is 10.9. The lowest BCUT2D eigenvalue weighted by Gasteiger charge is -2.07. The number of benzene rings is 1. The van der Waals surface area contributed by atoms with Gasteiger partial charge in [-0.05, 0) is 44.0 Å². The number of aryl methyl sites for hydroxylation is 3. The van der Waals surface area contributed by atoms with Crippen molar-refractivity contribution in [2.45, 2.75) is 27.2 Å². The first kappa shape index (κ1) is 15.0. The molecule has 0 aliphatic carbocycles. The highest BCUT2D eigenvalue weighted by Crippen LogP contribution is 2.24. The van der Waals surface area contributed by atoms with Crippen LogP contribution in [0.15, 0.2) is 29.0 Å². The van der Waals surface area contributed by atoms with Crippen LogP contribution in [0.25, 0.3) is 17.2 Å². The van der Waals surface area contributed by atoms with Crippen LogP contribution in [-0.4, -0.2) is 25.7 Å². The number of nitrogens with two attached hydrogens (primary N) is 1. The lowest BCUT2D eigenvalue weighted by Crippen LogP contribution is -2.14. The molecule has 3 aromatic rings. The van der Waals surface area contributed by atoms with E-state index in [1.54, 1.807) is 11.6 Å². The Morgan fingerprint density at radius 2 is 1.91 bits per heavy atom. The molecule has 2 aromatic heterocycles. The van der Waals surface area contributed by atoms with Gasteiger partial charge >= 0.3 is 0 Å². The number of hydrogen-bond acceptors (Lipinski definition) is 5. The smallest absolute Gasteiger partial charge is 0.225 e. The van der Waals surface area contributed by atoms with E-state index in [9.17, 15) is 4.79 Å². The Morgan fingerprint density at radius 3 is 2.48 bits per heavy atom. The largest absolute Gasteiger partial charge is 0.448 e. The van der Waals surface area contributed by atoms with Crippen molar-refractivity contribution in [1.82, 2.24) is 19.7 Å². The summed E-state index contributed by atoms with van der Waals surface area (Å²) < 4.78 is 6.93. The van der Waals surface area contributed by atoms with Gasteiger partial charge in [-0.3, -0.25) is 4.79 Å². The van der Waals surface area contributed by atoms with Gasteiger partial charge in [0.05, 0.1) is 12.1 Å². The predicted octanol–water partition coefficient (Wildman–Crippen LogP) is 1.88. The van der Waals surface area contributed by atoms with Crippen molar-refractivity contribution < 1.29 is 9.21 Å². The zero-order valence-corrected chi connectivity index (χ0v) is 13.2. The first-order valence-electron chi connectivity index (χ1n) is 7.17. The summed E-state index contributed by atoms with van der Waals surface area (Å²) in [4.78, 5) is 19.8. The number of hydrogen-bond donors (Lipinski definition) is 1. The molecule has 2 heterocycles. The normalized spacial score (nSPS) is 10.9. The van der Waals surface area contributed by atoms with Gasteiger partial charge in [0.25, 0.3) is 0 Å². The number of amides is 1. The van der Waals surface area contributed by atoms with Gasteiger partial charge < -0.3 is 10.2 Å². The molecule has 7 heteroatoms. The number of carbonyl (C=O) groups is 1. The third kappa shape index (κ3) is 2.98. The molecule has 0 aliphatic rings. The molecule has 118 valence electrons. The molecule has 1 aromatic carbocycles. The van der Waals surface area contributed by atoms with Gasteiger partial charge in [-0.2, -0.15) is 5.10 Å². The van der Waals surface area contributed by atoms with Gasteiger partial charge in [0, 0.05) is 0 Å². The highest BCUT2D eigenvalue weighted by Gasteiger charge is 2.19. The molecule has 0 fully saturated rings. The minimum atomic E-state index is -0.481. The van der Waals surface area contributed by atoms with Crippen LogP contribution in [-0.2, 0) is 11.2 Å². The van der Waals surface area contributed by atoms with Crippen molar-refractivity contribution in [3.63, 3.8) is 0 Å². The summed E-state index contributed by atoms with van der Waals surface area (Å²) in [7, 11) is 0. The summed E-state index contributed by atoms with van der Waals surface area (Å²) in [6.07, 6.45) is 1.33. The van der Waals surface area contributed by atoms with E-state index in [-0.39, 0.29) is 6.42 Å². The monoisotopic (exact) mass is 311 g/mol. The van der Waals surface area contributed by atoms with E-state index in [2.05, 4.69) is 21.1 Å². The Labute approximate surface area is 133 Å². The SMILES string of the molecule is Cc1cc(C)cc(-n2nc(CC(N)=O)nc2-c2ncoc2C)c1. The molecule has 0 saturated heterocycles. The zero-order valence-electron chi connectivity index (χ0n) is 13.2. The quantitative estimate of drug-likeness (QED) is 0.793. The van der Waals surface area contributed by atoms with Crippen LogP contribution in [0.4, 0.5) is 0 Å². The van der Waals surface area contributed by atoms with Crippen molar-refractivity contribution in [2.75, 3.05) is 0 Å². The van der Waals surface area contributed by atoms with E-state index < -0.39 is 5.91 Å². The maximum atomic E-state index is 11.2. The van der Waals surface area contributed by atoms with Crippen molar-refractivity contribution in [2.24, 2.45) is 5.73 Å². The summed E-state index contributed by atoms with van der Waals surface area (Å²) in [6, 6.07) is 6.06. The van der Waals surface area contributed by atoms with Gasteiger partial charge in [-0.15, -0.1) is 0 Å². The number of aromatic nitrogens is 4. The van der Waals surface area contributed by atoms with Crippen LogP contribution in [0.2, 0.25) is 0 Å². The summed E-state index contributed by atoms with van der Waals surface area (Å²) in [5.74, 6) is 1.03. The summed E-state index contributed by atoms with van der Waals surface area (Å²) in [6.45, 7) is 5.83. The molecule has 7 nitrogen and oxygen atoms in total. The van der Waals surface area contributed by atoms with Crippen LogP contribution in [0.3, 0.4) is 0 Å². The Kier molecular flexibility index (Phi) is 3.69. The number of carbonyl (C=O) groups excluding carboxylic acids is 1. The van der Waals surface area contributed by atoms with Crippen LogP contribution in [0.5, 0.6) is 0 Å². The molecule has 0 aliphatic heterocycles. The van der Waals surface area contributed by atoms with E-state index in [4.69, 9.17) is 10.2 Å². The second-order valence-corrected chi connectivity index (χ2v) is 5.51. The Hall–Kier alpha value is -2.96. The summed E-state index contributed by atoms with van der Waals surface area (Å²) in [5, 5.41) is 4.42. The number of oxazole rings is 1. The van der Waals surface area contributed by atoms with E-state index in [1.807, 2.05) is 26.0 Å². The van der Waals surface area contributed by atoms with Crippen molar-refractivity contribution in [1.29, 1.82) is 0 Å².